The summed E-state index contributed by atoms with van der Waals surface area (Å²) in [4.78, 5) is 13.7. The van der Waals surface area contributed by atoms with Crippen molar-refractivity contribution < 1.29 is 4.79 Å². The first-order valence-electron chi connectivity index (χ1n) is 5.02. The summed E-state index contributed by atoms with van der Waals surface area (Å²) >= 11 is 0. The van der Waals surface area contributed by atoms with Crippen LogP contribution in [0.25, 0.3) is 0 Å². The van der Waals surface area contributed by atoms with E-state index < -0.39 is 0 Å². The van der Waals surface area contributed by atoms with Gasteiger partial charge in [0.15, 0.2) is 0 Å². The van der Waals surface area contributed by atoms with Gasteiger partial charge in [-0.25, -0.2) is 0 Å². The highest BCUT2D eigenvalue weighted by Gasteiger charge is 2.29. The molecule has 0 aromatic carbocycles. The molecule has 13 heavy (non-hydrogen) atoms. The maximum Gasteiger partial charge on any atom is 0.240 e. The molecule has 0 bridgehead atoms. The molecular formula is C10H16N2O. The fraction of sp³-hybridized carbons (Fsp3) is 0.700. The van der Waals surface area contributed by atoms with Gasteiger partial charge in [0.25, 0.3) is 0 Å². The summed E-state index contributed by atoms with van der Waals surface area (Å²) in [5.74, 6) is 0.134. The number of hydrogen-bond donors (Lipinski definition) is 1. The molecule has 0 aromatic rings. The zero-order valence-corrected chi connectivity index (χ0v) is 7.78. The normalized spacial score (nSPS) is 34.2. The highest BCUT2D eigenvalue weighted by Crippen LogP contribution is 2.21. The lowest BCUT2D eigenvalue weighted by molar-refractivity contribution is -0.134. The second-order valence-electron chi connectivity index (χ2n) is 3.87. The number of amides is 1. The van der Waals surface area contributed by atoms with Gasteiger partial charge < -0.3 is 10.6 Å². The van der Waals surface area contributed by atoms with Gasteiger partial charge in [0, 0.05) is 6.54 Å². The van der Waals surface area contributed by atoms with Crippen molar-refractivity contribution in [2.75, 3.05) is 6.54 Å². The molecule has 2 heterocycles. The predicted octanol–water partition coefficient (Wildman–Crippen LogP) is 0.655. The van der Waals surface area contributed by atoms with Crippen molar-refractivity contribution in [3.05, 3.63) is 12.2 Å². The Kier molecular flexibility index (Phi) is 2.36. The molecule has 0 aromatic heterocycles. The van der Waals surface area contributed by atoms with Crippen molar-refractivity contribution in [2.24, 2.45) is 5.73 Å². The van der Waals surface area contributed by atoms with Gasteiger partial charge in [0.05, 0.1) is 12.1 Å². The minimum Gasteiger partial charge on any atom is -0.335 e. The molecule has 2 atom stereocenters. The van der Waals surface area contributed by atoms with Crippen LogP contribution in [0.3, 0.4) is 0 Å². The minimum absolute atomic E-state index is 0.134. The van der Waals surface area contributed by atoms with Gasteiger partial charge in [0.1, 0.15) is 0 Å². The molecule has 0 aliphatic carbocycles. The van der Waals surface area contributed by atoms with E-state index in [1.165, 1.54) is 6.42 Å². The number of fused-ring (bicyclic) bond motifs is 1. The van der Waals surface area contributed by atoms with Gasteiger partial charge in [-0.3, -0.25) is 4.79 Å². The van der Waals surface area contributed by atoms with Crippen LogP contribution in [0.15, 0.2) is 12.2 Å². The van der Waals surface area contributed by atoms with E-state index in [-0.39, 0.29) is 11.9 Å². The molecule has 2 rings (SSSR count). The minimum atomic E-state index is -0.306. The molecule has 0 spiro atoms. The summed E-state index contributed by atoms with van der Waals surface area (Å²) in [6.45, 7) is 0.890. The first-order chi connectivity index (χ1) is 6.29. The van der Waals surface area contributed by atoms with Crippen LogP contribution in [-0.4, -0.2) is 29.4 Å². The van der Waals surface area contributed by atoms with E-state index in [1.54, 1.807) is 0 Å². The quantitative estimate of drug-likeness (QED) is 0.556. The number of hydrogen-bond acceptors (Lipinski definition) is 2. The third-order valence-electron chi connectivity index (χ3n) is 2.90. The maximum atomic E-state index is 11.7. The Hall–Kier alpha value is -0.830. The van der Waals surface area contributed by atoms with E-state index in [9.17, 15) is 4.79 Å². The number of carbonyl (C=O) groups excluding carboxylic acids is 1. The first-order valence-corrected chi connectivity index (χ1v) is 5.02. The molecule has 1 saturated heterocycles. The van der Waals surface area contributed by atoms with Crippen LogP contribution in [0.1, 0.15) is 25.7 Å². The Bertz CT molecular complexity index is 237. The van der Waals surface area contributed by atoms with Gasteiger partial charge in [-0.2, -0.15) is 0 Å². The van der Waals surface area contributed by atoms with E-state index in [2.05, 4.69) is 12.2 Å². The fourth-order valence-electron chi connectivity index (χ4n) is 2.13. The van der Waals surface area contributed by atoms with E-state index in [4.69, 9.17) is 5.73 Å². The van der Waals surface area contributed by atoms with Crippen LogP contribution in [0.5, 0.6) is 0 Å². The number of piperidine rings is 1. The van der Waals surface area contributed by atoms with Crippen LogP contribution < -0.4 is 5.73 Å². The molecule has 1 amide bonds. The van der Waals surface area contributed by atoms with E-state index in [0.717, 1.165) is 19.4 Å². The maximum absolute atomic E-state index is 11.7. The summed E-state index contributed by atoms with van der Waals surface area (Å²) in [5.41, 5.74) is 5.74. The fourth-order valence-corrected chi connectivity index (χ4v) is 2.13. The highest BCUT2D eigenvalue weighted by atomic mass is 16.2. The number of nitrogens with two attached hydrogens (primary N) is 1. The Balaban J connectivity index is 2.17. The molecule has 0 radical (unpaired) electrons. The van der Waals surface area contributed by atoms with Crippen LogP contribution in [0, 0.1) is 0 Å². The molecule has 3 nitrogen and oxygen atoms in total. The van der Waals surface area contributed by atoms with Gasteiger partial charge in [-0.1, -0.05) is 12.2 Å². The van der Waals surface area contributed by atoms with Crippen molar-refractivity contribution in [1.82, 2.24) is 4.90 Å². The molecular weight excluding hydrogens is 164 g/mol. The Labute approximate surface area is 78.6 Å². The SMILES string of the molecule is NC1CC=CC2CCCCN2C1=O. The molecule has 1 fully saturated rings. The zero-order valence-electron chi connectivity index (χ0n) is 7.78. The highest BCUT2D eigenvalue weighted by molar-refractivity contribution is 5.82. The zero-order chi connectivity index (χ0) is 9.26. The van der Waals surface area contributed by atoms with Gasteiger partial charge in [-0.15, -0.1) is 0 Å². The largest absolute Gasteiger partial charge is 0.335 e. The predicted molar refractivity (Wildman–Crippen MR) is 51.1 cm³/mol. The van der Waals surface area contributed by atoms with Gasteiger partial charge in [-0.05, 0) is 25.7 Å². The lowest BCUT2D eigenvalue weighted by atomic mass is 10.0. The molecule has 0 saturated carbocycles. The number of rotatable bonds is 0. The smallest absolute Gasteiger partial charge is 0.240 e. The van der Waals surface area contributed by atoms with E-state index >= 15 is 0 Å². The van der Waals surface area contributed by atoms with Crippen molar-refractivity contribution in [3.63, 3.8) is 0 Å². The summed E-state index contributed by atoms with van der Waals surface area (Å²) in [6.07, 6.45) is 8.36. The molecule has 2 aliphatic rings. The van der Waals surface area contributed by atoms with Gasteiger partial charge in [0.2, 0.25) is 5.91 Å². The van der Waals surface area contributed by atoms with Crippen LogP contribution in [0.4, 0.5) is 0 Å². The second-order valence-corrected chi connectivity index (χ2v) is 3.87. The van der Waals surface area contributed by atoms with Gasteiger partial charge >= 0.3 is 0 Å². The van der Waals surface area contributed by atoms with E-state index in [1.807, 2.05) is 4.90 Å². The molecule has 72 valence electrons. The Morgan fingerprint density at radius 3 is 3.15 bits per heavy atom. The van der Waals surface area contributed by atoms with Crippen LogP contribution >= 0.6 is 0 Å². The topological polar surface area (TPSA) is 46.3 Å². The Morgan fingerprint density at radius 1 is 1.46 bits per heavy atom. The molecule has 2 aliphatic heterocycles. The lowest BCUT2D eigenvalue weighted by Crippen LogP contribution is -2.48. The summed E-state index contributed by atoms with van der Waals surface area (Å²) in [5, 5.41) is 0. The number of carbonyl (C=O) groups is 1. The average molecular weight is 180 g/mol. The average Bonchev–Trinajstić information content (AvgIpc) is 2.29. The number of nitrogens with zero attached hydrogens (tertiary/aromatic N) is 1. The monoisotopic (exact) mass is 180 g/mol. The van der Waals surface area contributed by atoms with E-state index in [0.29, 0.717) is 12.5 Å². The third kappa shape index (κ3) is 1.61. The van der Waals surface area contributed by atoms with Crippen molar-refractivity contribution in [2.45, 2.75) is 37.8 Å². The third-order valence-corrected chi connectivity index (χ3v) is 2.90. The summed E-state index contributed by atoms with van der Waals surface area (Å²) in [6, 6.07) is 0.0224. The molecule has 2 unspecified atom stereocenters. The van der Waals surface area contributed by atoms with Crippen LogP contribution in [-0.2, 0) is 4.79 Å². The molecule has 3 heteroatoms. The van der Waals surface area contributed by atoms with Crippen molar-refractivity contribution >= 4 is 5.91 Å². The molecule has 2 N–H and O–H groups in total. The second kappa shape index (κ2) is 3.50. The van der Waals surface area contributed by atoms with Crippen LogP contribution in [0.2, 0.25) is 0 Å². The Morgan fingerprint density at radius 2 is 2.31 bits per heavy atom. The first kappa shape index (κ1) is 8.75. The summed E-state index contributed by atoms with van der Waals surface area (Å²) in [7, 11) is 0. The standard InChI is InChI=1S/C10H16N2O/c11-9-6-3-5-8-4-1-2-7-12(8)10(9)13/h3,5,8-9H,1-2,4,6-7,11H2. The van der Waals surface area contributed by atoms with Crippen molar-refractivity contribution in [3.8, 4) is 0 Å². The van der Waals surface area contributed by atoms with Crippen molar-refractivity contribution in [1.29, 1.82) is 0 Å². The lowest BCUT2D eigenvalue weighted by Gasteiger charge is -2.34. The summed E-state index contributed by atoms with van der Waals surface area (Å²) < 4.78 is 0.